The molecular formula is C17H19N3O6S. The summed E-state index contributed by atoms with van der Waals surface area (Å²) in [6.07, 6.45) is 1.58. The van der Waals surface area contributed by atoms with E-state index in [1.807, 2.05) is 18.2 Å². The number of aromatic nitrogens is 2. The van der Waals surface area contributed by atoms with Crippen molar-refractivity contribution in [3.8, 4) is 5.75 Å². The average Bonchev–Trinajstić information content (AvgIpc) is 3.18. The van der Waals surface area contributed by atoms with Crippen LogP contribution in [0.15, 0.2) is 35.6 Å². The van der Waals surface area contributed by atoms with Gasteiger partial charge in [0.2, 0.25) is 20.9 Å². The summed E-state index contributed by atoms with van der Waals surface area (Å²) in [6.45, 7) is 1.69. The van der Waals surface area contributed by atoms with Gasteiger partial charge < -0.3 is 19.8 Å². The van der Waals surface area contributed by atoms with E-state index in [2.05, 4.69) is 20.0 Å². The van der Waals surface area contributed by atoms with E-state index < -0.39 is 32.1 Å². The summed E-state index contributed by atoms with van der Waals surface area (Å²) in [5.41, 5.74) is 0.690. The maximum absolute atomic E-state index is 12.7. The molecule has 0 radical (unpaired) electrons. The van der Waals surface area contributed by atoms with Crippen molar-refractivity contribution in [1.82, 2.24) is 15.3 Å². The Bertz CT molecular complexity index is 969. The predicted molar refractivity (Wildman–Crippen MR) is 94.0 cm³/mol. The van der Waals surface area contributed by atoms with Crippen LogP contribution < -0.4 is 10.1 Å². The Morgan fingerprint density at radius 1 is 1.37 bits per heavy atom. The lowest BCUT2D eigenvalue weighted by Crippen LogP contribution is -2.41. The summed E-state index contributed by atoms with van der Waals surface area (Å²) in [4.78, 5) is 30.1. The molecule has 0 fully saturated rings. The molecule has 9 nitrogen and oxygen atoms in total. The van der Waals surface area contributed by atoms with E-state index in [1.165, 1.54) is 14.0 Å². The van der Waals surface area contributed by atoms with Gasteiger partial charge in [-0.1, -0.05) is 18.2 Å². The quantitative estimate of drug-likeness (QED) is 0.725. The number of hydrogen-bond acceptors (Lipinski definition) is 7. The minimum absolute atomic E-state index is 0.109. The first-order chi connectivity index (χ1) is 12.8. The van der Waals surface area contributed by atoms with Gasteiger partial charge in [0.15, 0.2) is 0 Å². The van der Waals surface area contributed by atoms with Crippen LogP contribution in [0, 0.1) is 0 Å². The highest BCUT2D eigenvalue weighted by Gasteiger charge is 2.35. The topological polar surface area (TPSA) is 127 Å². The van der Waals surface area contributed by atoms with E-state index in [0.29, 0.717) is 18.8 Å². The molecule has 1 aromatic carbocycles. The fourth-order valence-electron chi connectivity index (χ4n) is 2.75. The normalized spacial score (nSPS) is 17.3. The van der Waals surface area contributed by atoms with Crippen molar-refractivity contribution >= 4 is 21.7 Å². The Kier molecular flexibility index (Phi) is 5.17. The SMILES string of the molecule is COC(=O)c1cnc(S(=O)(=O)[C@H](C)C(=O)N[C@H]2CCOc3ccccc32)[nH]1. The molecule has 2 N–H and O–H groups in total. The predicted octanol–water partition coefficient (Wildman–Crippen LogP) is 0.998. The van der Waals surface area contributed by atoms with Crippen molar-refractivity contribution < 1.29 is 27.5 Å². The van der Waals surface area contributed by atoms with E-state index in [-0.39, 0.29) is 11.7 Å². The number of nitrogens with one attached hydrogen (secondary N) is 2. The zero-order valence-corrected chi connectivity index (χ0v) is 15.6. The number of hydrogen-bond donors (Lipinski definition) is 2. The van der Waals surface area contributed by atoms with Crippen molar-refractivity contribution in [2.45, 2.75) is 29.8 Å². The molecule has 144 valence electrons. The number of carbonyl (C=O) groups excluding carboxylic acids is 2. The minimum atomic E-state index is -4.10. The van der Waals surface area contributed by atoms with Crippen molar-refractivity contribution in [2.75, 3.05) is 13.7 Å². The number of ether oxygens (including phenoxy) is 2. The molecule has 0 unspecified atom stereocenters. The van der Waals surface area contributed by atoms with Gasteiger partial charge in [0.1, 0.15) is 16.7 Å². The number of sulfone groups is 1. The number of carbonyl (C=O) groups is 2. The molecule has 27 heavy (non-hydrogen) atoms. The third-order valence-corrected chi connectivity index (χ3v) is 6.23. The zero-order chi connectivity index (χ0) is 19.6. The lowest BCUT2D eigenvalue weighted by Gasteiger charge is -2.27. The van der Waals surface area contributed by atoms with Gasteiger partial charge in [0.05, 0.1) is 26.0 Å². The maximum Gasteiger partial charge on any atom is 0.356 e. The number of para-hydroxylation sites is 1. The van der Waals surface area contributed by atoms with Gasteiger partial charge in [-0.25, -0.2) is 18.2 Å². The summed E-state index contributed by atoms with van der Waals surface area (Å²) < 4.78 is 35.4. The lowest BCUT2D eigenvalue weighted by atomic mass is 10.0. The Hall–Kier alpha value is -2.88. The number of fused-ring (bicyclic) bond motifs is 1. The standard InChI is InChI=1S/C17H19N3O6S/c1-10(27(23,24)17-18-9-13(20-17)16(22)25-2)15(21)19-12-7-8-26-14-6-4-3-5-11(12)14/h3-6,9-10,12H,7-8H2,1-2H3,(H,18,20)(H,19,21)/t10-,12+/m1/s1. The highest BCUT2D eigenvalue weighted by molar-refractivity contribution is 7.92. The summed E-state index contributed by atoms with van der Waals surface area (Å²) in [6, 6.07) is 6.93. The number of aromatic amines is 1. The van der Waals surface area contributed by atoms with Crippen molar-refractivity contribution in [1.29, 1.82) is 0 Å². The van der Waals surface area contributed by atoms with Crippen LogP contribution >= 0.6 is 0 Å². The molecule has 0 saturated heterocycles. The van der Waals surface area contributed by atoms with Gasteiger partial charge in [0, 0.05) is 12.0 Å². The molecular weight excluding hydrogens is 374 g/mol. The number of benzene rings is 1. The monoisotopic (exact) mass is 393 g/mol. The molecule has 3 rings (SSSR count). The molecule has 2 atom stereocenters. The summed E-state index contributed by atoms with van der Waals surface area (Å²) in [5.74, 6) is -0.745. The number of methoxy groups -OCH3 is 1. The molecule has 1 amide bonds. The fourth-order valence-corrected chi connectivity index (χ4v) is 3.89. The van der Waals surface area contributed by atoms with Crippen LogP contribution in [0.3, 0.4) is 0 Å². The first kappa shape index (κ1) is 18.9. The van der Waals surface area contributed by atoms with Gasteiger partial charge in [-0.3, -0.25) is 4.79 Å². The van der Waals surface area contributed by atoms with E-state index >= 15 is 0 Å². The van der Waals surface area contributed by atoms with Gasteiger partial charge in [0.25, 0.3) is 0 Å². The molecule has 0 saturated carbocycles. The van der Waals surface area contributed by atoms with E-state index in [9.17, 15) is 18.0 Å². The molecule has 1 aliphatic heterocycles. The number of imidazole rings is 1. The van der Waals surface area contributed by atoms with Crippen LogP contribution in [0.4, 0.5) is 0 Å². The smallest absolute Gasteiger partial charge is 0.356 e. The second-order valence-corrected chi connectivity index (χ2v) is 8.20. The van der Waals surface area contributed by atoms with Crippen LogP contribution in [-0.4, -0.2) is 49.2 Å². The van der Waals surface area contributed by atoms with Crippen LogP contribution in [0.2, 0.25) is 0 Å². The number of nitrogens with zero attached hydrogens (tertiary/aromatic N) is 1. The Morgan fingerprint density at radius 2 is 2.11 bits per heavy atom. The van der Waals surface area contributed by atoms with Crippen LogP contribution in [0.25, 0.3) is 0 Å². The van der Waals surface area contributed by atoms with Crippen LogP contribution in [-0.2, 0) is 19.4 Å². The largest absolute Gasteiger partial charge is 0.493 e. The lowest BCUT2D eigenvalue weighted by molar-refractivity contribution is -0.121. The fraction of sp³-hybridized carbons (Fsp3) is 0.353. The third-order valence-electron chi connectivity index (χ3n) is 4.34. The van der Waals surface area contributed by atoms with Crippen molar-refractivity contribution in [3.05, 3.63) is 41.7 Å². The highest BCUT2D eigenvalue weighted by atomic mass is 32.2. The first-order valence-corrected chi connectivity index (χ1v) is 9.78. The molecule has 2 aromatic rings. The van der Waals surface area contributed by atoms with Gasteiger partial charge in [-0.2, -0.15) is 0 Å². The molecule has 0 spiro atoms. The first-order valence-electron chi connectivity index (χ1n) is 8.24. The number of esters is 1. The zero-order valence-electron chi connectivity index (χ0n) is 14.8. The van der Waals surface area contributed by atoms with E-state index in [4.69, 9.17) is 4.74 Å². The summed E-state index contributed by atoms with van der Waals surface area (Å²) in [7, 11) is -2.94. The Balaban J connectivity index is 1.77. The van der Waals surface area contributed by atoms with Crippen LogP contribution in [0.5, 0.6) is 5.75 Å². The summed E-state index contributed by atoms with van der Waals surface area (Å²) in [5, 5.41) is 0.901. The number of rotatable bonds is 5. The maximum atomic E-state index is 12.7. The minimum Gasteiger partial charge on any atom is -0.493 e. The highest BCUT2D eigenvalue weighted by Crippen LogP contribution is 2.31. The molecule has 1 aromatic heterocycles. The van der Waals surface area contributed by atoms with Crippen molar-refractivity contribution in [3.63, 3.8) is 0 Å². The second kappa shape index (κ2) is 7.39. The molecule has 0 aliphatic carbocycles. The molecule has 0 bridgehead atoms. The van der Waals surface area contributed by atoms with Crippen LogP contribution in [0.1, 0.15) is 35.4 Å². The number of amides is 1. The molecule has 2 heterocycles. The van der Waals surface area contributed by atoms with E-state index in [0.717, 1.165) is 11.8 Å². The average molecular weight is 393 g/mol. The number of H-pyrrole nitrogens is 1. The van der Waals surface area contributed by atoms with Gasteiger partial charge >= 0.3 is 5.97 Å². The Morgan fingerprint density at radius 3 is 2.85 bits per heavy atom. The van der Waals surface area contributed by atoms with Gasteiger partial charge in [-0.05, 0) is 13.0 Å². The van der Waals surface area contributed by atoms with Gasteiger partial charge in [-0.15, -0.1) is 0 Å². The second-order valence-electron chi connectivity index (χ2n) is 6.02. The summed E-state index contributed by atoms with van der Waals surface area (Å²) >= 11 is 0. The molecule has 10 heteroatoms. The molecule has 1 aliphatic rings. The van der Waals surface area contributed by atoms with E-state index in [1.54, 1.807) is 6.07 Å². The third kappa shape index (κ3) is 3.65. The van der Waals surface area contributed by atoms with Crippen molar-refractivity contribution in [2.24, 2.45) is 0 Å². The Labute approximate surface area is 156 Å².